The van der Waals surface area contributed by atoms with E-state index in [1.807, 2.05) is 40.5 Å². The van der Waals surface area contributed by atoms with Crippen molar-refractivity contribution in [3.8, 4) is 5.75 Å². The Balaban J connectivity index is 1.48. The molecule has 4 rings (SSSR count). The second kappa shape index (κ2) is 7.05. The second-order valence-corrected chi connectivity index (χ2v) is 6.78. The molecule has 2 aromatic heterocycles. The summed E-state index contributed by atoms with van der Waals surface area (Å²) in [6.45, 7) is -0.0156. The molecule has 1 aromatic carbocycles. The normalized spacial score (nSPS) is 14.1. The Kier molecular flexibility index (Phi) is 4.45. The van der Waals surface area contributed by atoms with Gasteiger partial charge in [-0.15, -0.1) is 0 Å². The molecule has 0 radical (unpaired) electrons. The smallest absolute Gasteiger partial charge is 0.262 e. The maximum absolute atomic E-state index is 12.6. The molecule has 0 saturated heterocycles. The third-order valence-corrected chi connectivity index (χ3v) is 4.89. The number of thiophene rings is 1. The average molecular weight is 367 g/mol. The number of carbonyl (C=O) groups is 2. The van der Waals surface area contributed by atoms with Crippen LogP contribution in [0.5, 0.6) is 5.75 Å². The molecule has 0 spiro atoms. The lowest BCUT2D eigenvalue weighted by atomic mass is 10.1. The van der Waals surface area contributed by atoms with Crippen LogP contribution in [-0.2, 0) is 9.59 Å². The van der Waals surface area contributed by atoms with Crippen LogP contribution in [0.15, 0.2) is 59.6 Å². The van der Waals surface area contributed by atoms with Crippen LogP contribution in [-0.4, -0.2) is 23.0 Å². The van der Waals surface area contributed by atoms with Crippen LogP contribution in [0.25, 0.3) is 0 Å². The molecular formula is C19H17N3O3S. The highest BCUT2D eigenvalue weighted by Gasteiger charge is 2.19. The quantitative estimate of drug-likeness (QED) is 0.725. The molecule has 132 valence electrons. The molecule has 0 fully saturated rings. The summed E-state index contributed by atoms with van der Waals surface area (Å²) in [5, 5.41) is 9.72. The summed E-state index contributed by atoms with van der Waals surface area (Å²) in [5.74, 6) is 0.288. The van der Waals surface area contributed by atoms with Crippen molar-refractivity contribution in [1.29, 1.82) is 0 Å². The van der Waals surface area contributed by atoms with Crippen molar-refractivity contribution in [1.82, 2.24) is 4.57 Å². The molecule has 1 aliphatic heterocycles. The van der Waals surface area contributed by atoms with Crippen LogP contribution in [0.3, 0.4) is 0 Å². The fraction of sp³-hybridized carbons (Fsp3) is 0.158. The fourth-order valence-electron chi connectivity index (χ4n) is 2.96. The van der Waals surface area contributed by atoms with Gasteiger partial charge in [-0.2, -0.15) is 11.3 Å². The van der Waals surface area contributed by atoms with E-state index in [-0.39, 0.29) is 24.5 Å². The van der Waals surface area contributed by atoms with Gasteiger partial charge >= 0.3 is 0 Å². The molecule has 0 aliphatic carbocycles. The van der Waals surface area contributed by atoms with E-state index >= 15 is 0 Å². The molecule has 1 atom stereocenters. The van der Waals surface area contributed by atoms with E-state index in [9.17, 15) is 9.59 Å². The molecule has 0 bridgehead atoms. The van der Waals surface area contributed by atoms with Crippen LogP contribution < -0.4 is 15.4 Å². The molecule has 2 amide bonds. The first kappa shape index (κ1) is 16.4. The minimum atomic E-state index is -0.181. The largest absolute Gasteiger partial charge is 0.482 e. The molecule has 3 aromatic rings. The summed E-state index contributed by atoms with van der Waals surface area (Å²) in [5.41, 5.74) is 2.36. The Morgan fingerprint density at radius 3 is 2.92 bits per heavy atom. The van der Waals surface area contributed by atoms with E-state index in [0.29, 0.717) is 23.5 Å². The standard InChI is InChI=1S/C19H17N3O3S/c23-18(10-16(13-5-8-26-12-13)22-6-1-2-7-22)20-14-3-4-15-17(9-14)25-11-19(24)21-15/h1-9,12,16H,10-11H2,(H,20,23)(H,21,24)/t16-/m1/s1. The zero-order valence-electron chi connectivity index (χ0n) is 13.8. The van der Waals surface area contributed by atoms with E-state index in [4.69, 9.17) is 4.74 Å². The van der Waals surface area contributed by atoms with E-state index in [2.05, 4.69) is 16.0 Å². The van der Waals surface area contributed by atoms with E-state index in [1.54, 1.807) is 29.5 Å². The number of carbonyl (C=O) groups excluding carboxylic acids is 2. The number of anilines is 2. The number of nitrogens with one attached hydrogen (secondary N) is 2. The lowest BCUT2D eigenvalue weighted by Crippen LogP contribution is -2.25. The van der Waals surface area contributed by atoms with Crippen molar-refractivity contribution in [3.63, 3.8) is 0 Å². The van der Waals surface area contributed by atoms with Crippen molar-refractivity contribution in [2.45, 2.75) is 12.5 Å². The third-order valence-electron chi connectivity index (χ3n) is 4.19. The average Bonchev–Trinajstić information content (AvgIpc) is 3.34. The van der Waals surface area contributed by atoms with Crippen molar-refractivity contribution in [3.05, 3.63) is 65.1 Å². The Hall–Kier alpha value is -3.06. The van der Waals surface area contributed by atoms with Crippen molar-refractivity contribution >= 4 is 34.5 Å². The first-order valence-corrected chi connectivity index (χ1v) is 9.14. The van der Waals surface area contributed by atoms with Crippen molar-refractivity contribution in [2.75, 3.05) is 17.2 Å². The lowest BCUT2D eigenvalue weighted by molar-refractivity contribution is -0.119. The summed E-state index contributed by atoms with van der Waals surface area (Å²) < 4.78 is 7.43. The van der Waals surface area contributed by atoms with Gasteiger partial charge in [0.15, 0.2) is 6.61 Å². The molecule has 0 unspecified atom stereocenters. The number of hydrogen-bond acceptors (Lipinski definition) is 4. The van der Waals surface area contributed by atoms with Gasteiger partial charge in [0, 0.05) is 24.1 Å². The number of benzene rings is 1. The molecule has 6 nitrogen and oxygen atoms in total. The Morgan fingerprint density at radius 1 is 1.31 bits per heavy atom. The van der Waals surface area contributed by atoms with Gasteiger partial charge in [0.05, 0.1) is 18.2 Å². The van der Waals surface area contributed by atoms with Crippen LogP contribution in [0, 0.1) is 0 Å². The highest BCUT2D eigenvalue weighted by atomic mass is 32.1. The molecule has 7 heteroatoms. The highest BCUT2D eigenvalue weighted by Crippen LogP contribution is 2.31. The molecule has 26 heavy (non-hydrogen) atoms. The van der Waals surface area contributed by atoms with Gasteiger partial charge in [0.1, 0.15) is 5.75 Å². The molecule has 3 heterocycles. The minimum Gasteiger partial charge on any atom is -0.482 e. The molecule has 2 N–H and O–H groups in total. The van der Waals surface area contributed by atoms with Gasteiger partial charge in [-0.05, 0) is 46.7 Å². The SMILES string of the molecule is O=C(C[C@H](c1ccsc1)n1cccc1)Nc1ccc2c(c1)OCC(=O)N2. The fourth-order valence-corrected chi connectivity index (χ4v) is 3.66. The number of amides is 2. The van der Waals surface area contributed by atoms with Gasteiger partial charge in [-0.3, -0.25) is 9.59 Å². The number of nitrogens with zero attached hydrogens (tertiary/aromatic N) is 1. The number of aromatic nitrogens is 1. The maximum Gasteiger partial charge on any atom is 0.262 e. The number of rotatable bonds is 5. The van der Waals surface area contributed by atoms with E-state index in [1.165, 1.54) is 0 Å². The summed E-state index contributed by atoms with van der Waals surface area (Å²) in [6, 6.07) is 11.1. The highest BCUT2D eigenvalue weighted by molar-refractivity contribution is 7.08. The predicted molar refractivity (Wildman–Crippen MR) is 101 cm³/mol. The van der Waals surface area contributed by atoms with Crippen molar-refractivity contribution in [2.24, 2.45) is 0 Å². The number of fused-ring (bicyclic) bond motifs is 1. The zero-order valence-corrected chi connectivity index (χ0v) is 14.7. The van der Waals surface area contributed by atoms with Gasteiger partial charge in [0.2, 0.25) is 5.91 Å². The summed E-state index contributed by atoms with van der Waals surface area (Å²) in [7, 11) is 0. The first-order chi connectivity index (χ1) is 12.7. The van der Waals surface area contributed by atoms with E-state index in [0.717, 1.165) is 5.56 Å². The summed E-state index contributed by atoms with van der Waals surface area (Å²) in [4.78, 5) is 23.9. The summed E-state index contributed by atoms with van der Waals surface area (Å²) in [6.07, 6.45) is 4.25. The topological polar surface area (TPSA) is 72.4 Å². The number of hydrogen-bond donors (Lipinski definition) is 2. The maximum atomic E-state index is 12.6. The van der Waals surface area contributed by atoms with Crippen LogP contribution >= 0.6 is 11.3 Å². The number of ether oxygens (including phenoxy) is 1. The Labute approximate surface area is 154 Å². The van der Waals surface area contributed by atoms with Crippen molar-refractivity contribution < 1.29 is 14.3 Å². The van der Waals surface area contributed by atoms with Gasteiger partial charge in [0.25, 0.3) is 5.91 Å². The first-order valence-electron chi connectivity index (χ1n) is 8.20. The molecule has 0 saturated carbocycles. The van der Waals surface area contributed by atoms with Gasteiger partial charge in [-0.25, -0.2) is 0 Å². The van der Waals surface area contributed by atoms with E-state index < -0.39 is 0 Å². The molecular weight excluding hydrogens is 350 g/mol. The van der Waals surface area contributed by atoms with Gasteiger partial charge in [-0.1, -0.05) is 0 Å². The predicted octanol–water partition coefficient (Wildman–Crippen LogP) is 3.50. The monoisotopic (exact) mass is 367 g/mol. The minimum absolute atomic E-state index is 0.0156. The Bertz CT molecular complexity index is 885. The van der Waals surface area contributed by atoms with Crippen LogP contribution in [0.2, 0.25) is 0 Å². The third kappa shape index (κ3) is 3.48. The second-order valence-electron chi connectivity index (χ2n) is 6.00. The molecule has 1 aliphatic rings. The van der Waals surface area contributed by atoms with Crippen LogP contribution in [0.4, 0.5) is 11.4 Å². The zero-order chi connectivity index (χ0) is 17.9. The Morgan fingerprint density at radius 2 is 2.15 bits per heavy atom. The summed E-state index contributed by atoms with van der Waals surface area (Å²) >= 11 is 1.62. The lowest BCUT2D eigenvalue weighted by Gasteiger charge is -2.20. The van der Waals surface area contributed by atoms with Gasteiger partial charge < -0.3 is 19.9 Å². The van der Waals surface area contributed by atoms with Crippen LogP contribution in [0.1, 0.15) is 18.0 Å².